The Morgan fingerprint density at radius 1 is 1.13 bits per heavy atom. The van der Waals surface area contributed by atoms with E-state index < -0.39 is 26.9 Å². The molecule has 3 aromatic rings. The first-order valence-corrected chi connectivity index (χ1v) is 11.8. The Morgan fingerprint density at radius 3 is 2.42 bits per heavy atom. The number of benzene rings is 1. The molecule has 0 aliphatic rings. The number of pyridine rings is 1. The minimum absolute atomic E-state index is 0.0142. The quantitative estimate of drug-likeness (QED) is 0.537. The first kappa shape index (κ1) is 22.6. The molecule has 0 aliphatic heterocycles. The second-order valence-corrected chi connectivity index (χ2v) is 9.34. The topological polar surface area (TPSA) is 115 Å². The number of amides is 1. The van der Waals surface area contributed by atoms with Crippen LogP contribution in [-0.2, 0) is 14.8 Å². The number of rotatable bonds is 7. The highest BCUT2D eigenvalue weighted by Crippen LogP contribution is 2.26. The summed E-state index contributed by atoms with van der Waals surface area (Å²) in [5.74, 6) is -1.08. The van der Waals surface area contributed by atoms with E-state index in [0.29, 0.717) is 10.9 Å². The average Bonchev–Trinajstić information content (AvgIpc) is 3.24. The summed E-state index contributed by atoms with van der Waals surface area (Å²) >= 11 is 1.24. The van der Waals surface area contributed by atoms with E-state index in [-0.39, 0.29) is 17.9 Å². The van der Waals surface area contributed by atoms with E-state index in [4.69, 9.17) is 4.74 Å². The van der Waals surface area contributed by atoms with Gasteiger partial charge in [-0.25, -0.2) is 19.5 Å². The van der Waals surface area contributed by atoms with Gasteiger partial charge in [0.15, 0.2) is 5.03 Å². The molecule has 31 heavy (non-hydrogen) atoms. The second kappa shape index (κ2) is 9.36. The predicted octanol–water partition coefficient (Wildman–Crippen LogP) is 3.62. The lowest BCUT2D eigenvalue weighted by Gasteiger charge is -2.06. The van der Waals surface area contributed by atoms with Crippen molar-refractivity contribution >= 4 is 33.2 Å². The van der Waals surface area contributed by atoms with Crippen LogP contribution in [0, 0.1) is 0 Å². The van der Waals surface area contributed by atoms with Gasteiger partial charge < -0.3 is 4.74 Å². The number of sulfonamides is 1. The van der Waals surface area contributed by atoms with Crippen molar-refractivity contribution in [1.29, 1.82) is 0 Å². The van der Waals surface area contributed by atoms with Crippen molar-refractivity contribution in [1.82, 2.24) is 14.7 Å². The third-order valence-corrected chi connectivity index (χ3v) is 6.45. The van der Waals surface area contributed by atoms with Crippen LogP contribution in [0.5, 0.6) is 0 Å². The number of carbonyl (C=O) groups is 2. The van der Waals surface area contributed by atoms with Crippen LogP contribution in [0.15, 0.2) is 53.0 Å². The van der Waals surface area contributed by atoms with Gasteiger partial charge in [0.25, 0.3) is 15.9 Å². The number of nitrogens with one attached hydrogen (secondary N) is 1. The minimum Gasteiger partial charge on any atom is -0.462 e. The number of esters is 1. The van der Waals surface area contributed by atoms with Gasteiger partial charge in [0.05, 0.1) is 12.2 Å². The first-order chi connectivity index (χ1) is 14.7. The van der Waals surface area contributed by atoms with Crippen LogP contribution in [0.1, 0.15) is 53.1 Å². The molecule has 0 bridgehead atoms. The summed E-state index contributed by atoms with van der Waals surface area (Å²) in [5, 5.41) is 1.71. The van der Waals surface area contributed by atoms with Crippen LogP contribution in [0.4, 0.5) is 0 Å². The van der Waals surface area contributed by atoms with E-state index >= 15 is 0 Å². The molecular formula is C21H21N3O5S2. The van der Waals surface area contributed by atoms with E-state index in [0.717, 1.165) is 17.8 Å². The van der Waals surface area contributed by atoms with Crippen molar-refractivity contribution < 1.29 is 22.7 Å². The highest BCUT2D eigenvalue weighted by molar-refractivity contribution is 7.90. The van der Waals surface area contributed by atoms with Gasteiger partial charge in [-0.05, 0) is 30.5 Å². The SMILES string of the molecule is CCOC(=O)c1ccc(S(=O)(=O)NC(=O)c2csc(-c3ccc(C(C)C)cc3)n2)nc1. The molecule has 162 valence electrons. The van der Waals surface area contributed by atoms with Gasteiger partial charge in [-0.3, -0.25) is 4.79 Å². The molecule has 0 atom stereocenters. The highest BCUT2D eigenvalue weighted by Gasteiger charge is 2.22. The molecule has 0 saturated carbocycles. The molecule has 2 heterocycles. The minimum atomic E-state index is -4.23. The lowest BCUT2D eigenvalue weighted by molar-refractivity contribution is 0.0525. The molecule has 0 aliphatic carbocycles. The maximum atomic E-state index is 12.5. The van der Waals surface area contributed by atoms with E-state index in [1.54, 1.807) is 6.92 Å². The third kappa shape index (κ3) is 5.33. The van der Waals surface area contributed by atoms with Crippen molar-refractivity contribution in [2.45, 2.75) is 31.7 Å². The fourth-order valence-corrected chi connectivity index (χ4v) is 4.32. The number of carbonyl (C=O) groups excluding carboxylic acids is 2. The van der Waals surface area contributed by atoms with Gasteiger partial charge in [0.1, 0.15) is 10.7 Å². The van der Waals surface area contributed by atoms with Crippen LogP contribution in [0.2, 0.25) is 0 Å². The number of aromatic nitrogens is 2. The summed E-state index contributed by atoms with van der Waals surface area (Å²) in [4.78, 5) is 32.1. The standard InChI is InChI=1S/C21H21N3O5S2/c1-4-29-21(26)16-9-10-18(22-11-16)31(27,28)24-19(25)17-12-30-20(23-17)15-7-5-14(6-8-15)13(2)3/h5-13H,4H2,1-3H3,(H,24,25). The van der Waals surface area contributed by atoms with Gasteiger partial charge in [0.2, 0.25) is 0 Å². The van der Waals surface area contributed by atoms with E-state index in [1.807, 2.05) is 29.0 Å². The summed E-state index contributed by atoms with van der Waals surface area (Å²) in [6.07, 6.45) is 1.08. The summed E-state index contributed by atoms with van der Waals surface area (Å²) in [7, 11) is -4.23. The van der Waals surface area contributed by atoms with Crippen molar-refractivity contribution in [3.05, 3.63) is 64.8 Å². The van der Waals surface area contributed by atoms with Gasteiger partial charge >= 0.3 is 5.97 Å². The molecule has 1 amide bonds. The third-order valence-electron chi connectivity index (χ3n) is 4.31. The monoisotopic (exact) mass is 459 g/mol. The smallest absolute Gasteiger partial charge is 0.339 e. The molecule has 0 spiro atoms. The van der Waals surface area contributed by atoms with E-state index in [2.05, 4.69) is 23.8 Å². The predicted molar refractivity (Wildman–Crippen MR) is 116 cm³/mol. The Balaban J connectivity index is 1.73. The van der Waals surface area contributed by atoms with Crippen LogP contribution in [-0.4, -0.2) is 36.9 Å². The zero-order valence-electron chi connectivity index (χ0n) is 17.2. The molecule has 8 nitrogen and oxygen atoms in total. The van der Waals surface area contributed by atoms with Crippen LogP contribution >= 0.6 is 11.3 Å². The molecule has 1 aromatic carbocycles. The average molecular weight is 460 g/mol. The summed E-state index contributed by atoms with van der Waals surface area (Å²) < 4.78 is 31.7. The van der Waals surface area contributed by atoms with Crippen LogP contribution < -0.4 is 4.72 Å². The summed E-state index contributed by atoms with van der Waals surface area (Å²) in [6, 6.07) is 10.2. The van der Waals surface area contributed by atoms with Crippen molar-refractivity contribution in [3.63, 3.8) is 0 Å². The number of nitrogens with zero attached hydrogens (tertiary/aromatic N) is 2. The molecule has 0 saturated heterocycles. The molecule has 2 aromatic heterocycles. The first-order valence-electron chi connectivity index (χ1n) is 9.47. The zero-order valence-corrected chi connectivity index (χ0v) is 18.8. The van der Waals surface area contributed by atoms with Crippen molar-refractivity contribution in [3.8, 4) is 10.6 Å². The molecule has 1 N–H and O–H groups in total. The fourth-order valence-electron chi connectivity index (χ4n) is 2.62. The van der Waals surface area contributed by atoms with Crippen LogP contribution in [0.25, 0.3) is 10.6 Å². The van der Waals surface area contributed by atoms with Gasteiger partial charge in [0, 0.05) is 17.1 Å². The number of hydrogen-bond donors (Lipinski definition) is 1. The summed E-state index contributed by atoms with van der Waals surface area (Å²) in [6.45, 7) is 6.04. The Kier molecular flexibility index (Phi) is 6.81. The van der Waals surface area contributed by atoms with E-state index in [1.165, 1.54) is 28.3 Å². The molecule has 10 heteroatoms. The molecule has 0 radical (unpaired) electrons. The normalized spacial score (nSPS) is 11.4. The van der Waals surface area contributed by atoms with Gasteiger partial charge in [-0.2, -0.15) is 8.42 Å². The molecular weight excluding hydrogens is 438 g/mol. The number of thiazole rings is 1. The fraction of sp³-hybridized carbons (Fsp3) is 0.238. The molecule has 3 rings (SSSR count). The lowest BCUT2D eigenvalue weighted by Crippen LogP contribution is -2.31. The van der Waals surface area contributed by atoms with Crippen LogP contribution in [0.3, 0.4) is 0 Å². The highest BCUT2D eigenvalue weighted by atomic mass is 32.2. The number of ether oxygens (including phenoxy) is 1. The molecule has 0 unspecified atom stereocenters. The van der Waals surface area contributed by atoms with Crippen molar-refractivity contribution in [2.75, 3.05) is 6.61 Å². The Morgan fingerprint density at radius 2 is 1.84 bits per heavy atom. The second-order valence-electron chi connectivity index (χ2n) is 6.85. The van der Waals surface area contributed by atoms with Crippen molar-refractivity contribution in [2.24, 2.45) is 0 Å². The lowest BCUT2D eigenvalue weighted by atomic mass is 10.0. The molecule has 0 fully saturated rings. The van der Waals surface area contributed by atoms with Gasteiger partial charge in [-0.15, -0.1) is 11.3 Å². The zero-order chi connectivity index (χ0) is 22.6. The Labute approximate surface area is 184 Å². The Bertz CT molecular complexity index is 1180. The van der Waals surface area contributed by atoms with E-state index in [9.17, 15) is 18.0 Å². The maximum absolute atomic E-state index is 12.5. The Hall–Kier alpha value is -3.11. The largest absolute Gasteiger partial charge is 0.462 e. The summed E-state index contributed by atoms with van der Waals surface area (Å²) in [5.41, 5.74) is 2.12. The van der Waals surface area contributed by atoms with Gasteiger partial charge in [-0.1, -0.05) is 38.1 Å². The number of hydrogen-bond acceptors (Lipinski definition) is 8. The maximum Gasteiger partial charge on any atom is 0.339 e.